The van der Waals surface area contributed by atoms with Crippen molar-refractivity contribution in [1.82, 2.24) is 24.1 Å². The number of aromatic nitrogens is 5. The minimum absolute atomic E-state index is 0. The van der Waals surface area contributed by atoms with E-state index in [0.29, 0.717) is 0 Å². The monoisotopic (exact) mass is 1490 g/mol. The van der Waals surface area contributed by atoms with E-state index in [4.69, 9.17) is 15.0 Å². The van der Waals surface area contributed by atoms with Crippen LogP contribution < -0.4 is 0 Å². The van der Waals surface area contributed by atoms with E-state index >= 15 is 0 Å². The quantitative estimate of drug-likeness (QED) is 0.0854. The van der Waals surface area contributed by atoms with E-state index < -0.39 is 0 Å². The standard InChI is InChI=1S/C97H66N5.Ir/c1-4-19-70(20-5-1)71-43-45-72(46-44-71)73-21-16-24-78(58-73)93-52-47-81(65-100-93)85-31-10-11-32-86(85)82-56-68(39-37-66-41-50-91(98-63-66)79-25-17-22-74(59-79)76-48-53-96-89(61-76)87-33-12-14-35-94(87)101(96)83-27-6-2-7-28-83)55-69(57-82)40-38-67-42-51-92(99-64-67)80-26-18-23-75(60-80)77-49-54-97-90(62-77)88-34-13-15-36-95(88)102(97)84-29-8-3-9-30-84;/h1-23,27-36,41-65H,37-40H2;/q-3;+3. The number of para-hydroxylation sites is 4. The maximum absolute atomic E-state index is 5.11. The third kappa shape index (κ3) is 12.9. The molecular weight excluding hydrogens is 1430 g/mol. The molecule has 488 valence electrons. The summed E-state index contributed by atoms with van der Waals surface area (Å²) in [7, 11) is 0. The Hall–Kier alpha value is -12.4. The van der Waals surface area contributed by atoms with Crippen molar-refractivity contribution in [3.05, 3.63) is 393 Å². The number of hydrogen-bond donors (Lipinski definition) is 0. The van der Waals surface area contributed by atoms with Gasteiger partial charge in [0.2, 0.25) is 0 Å². The number of pyridine rings is 3. The van der Waals surface area contributed by atoms with Crippen molar-refractivity contribution in [1.29, 1.82) is 0 Å². The number of nitrogens with zero attached hydrogens (tertiary/aromatic N) is 5. The van der Waals surface area contributed by atoms with Gasteiger partial charge in [0.15, 0.2) is 0 Å². The molecule has 0 aliphatic carbocycles. The molecule has 5 aromatic heterocycles. The molecule has 6 heteroatoms. The van der Waals surface area contributed by atoms with Crippen LogP contribution in [0.15, 0.2) is 352 Å². The zero-order valence-electron chi connectivity index (χ0n) is 56.4. The number of fused-ring (bicyclic) bond motifs is 6. The summed E-state index contributed by atoms with van der Waals surface area (Å²) in [4.78, 5) is 15.3. The first-order valence-electron chi connectivity index (χ1n) is 35.0. The van der Waals surface area contributed by atoms with Crippen LogP contribution in [0.25, 0.3) is 156 Å². The zero-order chi connectivity index (χ0) is 67.7. The second-order valence-corrected chi connectivity index (χ2v) is 26.4. The van der Waals surface area contributed by atoms with E-state index in [0.717, 1.165) is 121 Å². The molecule has 0 aliphatic heterocycles. The molecule has 0 saturated carbocycles. The van der Waals surface area contributed by atoms with Gasteiger partial charge in [0.1, 0.15) is 0 Å². The summed E-state index contributed by atoms with van der Waals surface area (Å²) in [6.07, 6.45) is 9.45. The van der Waals surface area contributed by atoms with E-state index in [-0.39, 0.29) is 20.1 Å². The van der Waals surface area contributed by atoms with Gasteiger partial charge in [-0.1, -0.05) is 218 Å². The average molecular weight is 1490 g/mol. The zero-order valence-corrected chi connectivity index (χ0v) is 58.8. The molecule has 18 aromatic rings. The van der Waals surface area contributed by atoms with E-state index in [9.17, 15) is 0 Å². The number of hydrogen-bond acceptors (Lipinski definition) is 3. The van der Waals surface area contributed by atoms with Crippen LogP contribution in [0.3, 0.4) is 0 Å². The topological polar surface area (TPSA) is 48.5 Å². The third-order valence-corrected chi connectivity index (χ3v) is 20.0. The third-order valence-electron chi connectivity index (χ3n) is 20.0. The van der Waals surface area contributed by atoms with E-state index in [2.05, 4.69) is 343 Å². The maximum atomic E-state index is 5.11. The molecule has 18 rings (SSSR count). The Balaban J connectivity index is 0.00000787. The fourth-order valence-electron chi connectivity index (χ4n) is 14.8. The van der Waals surface area contributed by atoms with Gasteiger partial charge in [-0.05, 0) is 176 Å². The second kappa shape index (κ2) is 28.3. The van der Waals surface area contributed by atoms with Crippen molar-refractivity contribution in [3.8, 4) is 112 Å². The average Bonchev–Trinajstić information content (AvgIpc) is 1.60. The van der Waals surface area contributed by atoms with Crippen molar-refractivity contribution < 1.29 is 20.1 Å². The summed E-state index contributed by atoms with van der Waals surface area (Å²) in [6, 6.07) is 130. The van der Waals surface area contributed by atoms with Gasteiger partial charge in [-0.25, -0.2) is 0 Å². The van der Waals surface area contributed by atoms with Crippen LogP contribution in [0, 0.1) is 18.2 Å². The van der Waals surface area contributed by atoms with Crippen LogP contribution in [0.5, 0.6) is 0 Å². The van der Waals surface area contributed by atoms with Crippen LogP contribution in [-0.2, 0) is 45.8 Å². The van der Waals surface area contributed by atoms with Gasteiger partial charge in [-0.15, -0.1) is 106 Å². The minimum atomic E-state index is 0. The molecule has 0 atom stereocenters. The maximum Gasteiger partial charge on any atom is 3.00 e. The smallest absolute Gasteiger partial charge is 0.309 e. The summed E-state index contributed by atoms with van der Waals surface area (Å²) >= 11 is 0. The van der Waals surface area contributed by atoms with Crippen molar-refractivity contribution in [2.24, 2.45) is 0 Å². The fourth-order valence-corrected chi connectivity index (χ4v) is 14.8. The summed E-state index contributed by atoms with van der Waals surface area (Å²) < 4.78 is 4.72. The molecule has 0 radical (unpaired) electrons. The van der Waals surface area contributed by atoms with Crippen LogP contribution in [-0.4, -0.2) is 24.1 Å². The van der Waals surface area contributed by atoms with Gasteiger partial charge < -0.3 is 24.1 Å². The van der Waals surface area contributed by atoms with Crippen LogP contribution in [0.2, 0.25) is 0 Å². The van der Waals surface area contributed by atoms with Crippen molar-refractivity contribution in [2.45, 2.75) is 25.7 Å². The molecule has 103 heavy (non-hydrogen) atoms. The van der Waals surface area contributed by atoms with Crippen molar-refractivity contribution >= 4 is 43.6 Å². The molecule has 0 amide bonds. The van der Waals surface area contributed by atoms with Crippen molar-refractivity contribution in [3.63, 3.8) is 0 Å². The molecule has 5 nitrogen and oxygen atoms in total. The first kappa shape index (κ1) is 64.0. The van der Waals surface area contributed by atoms with Crippen LogP contribution in [0.4, 0.5) is 0 Å². The number of aryl methyl sites for hydroxylation is 4. The summed E-state index contributed by atoms with van der Waals surface area (Å²) in [5, 5.41) is 4.92. The Morgan fingerprint density at radius 2 is 0.583 bits per heavy atom. The fraction of sp³-hybridized carbons (Fsp3) is 0.0412. The second-order valence-electron chi connectivity index (χ2n) is 26.4. The van der Waals surface area contributed by atoms with E-state index in [1.54, 1.807) is 0 Å². The Morgan fingerprint density at radius 1 is 0.233 bits per heavy atom. The van der Waals surface area contributed by atoms with Crippen molar-refractivity contribution in [2.75, 3.05) is 0 Å². The van der Waals surface area contributed by atoms with Gasteiger partial charge in [0.25, 0.3) is 0 Å². The predicted octanol–water partition coefficient (Wildman–Crippen LogP) is 24.0. The molecule has 5 heterocycles. The van der Waals surface area contributed by atoms with Crippen LogP contribution >= 0.6 is 0 Å². The van der Waals surface area contributed by atoms with E-state index in [1.807, 2.05) is 36.8 Å². The first-order chi connectivity index (χ1) is 50.5. The van der Waals surface area contributed by atoms with Gasteiger partial charge in [-0.2, -0.15) is 0 Å². The Kier molecular flexibility index (Phi) is 17.6. The summed E-state index contributed by atoms with van der Waals surface area (Å²) in [5.41, 5.74) is 31.3. The normalized spacial score (nSPS) is 11.4. The van der Waals surface area contributed by atoms with Crippen LogP contribution in [0.1, 0.15) is 22.3 Å². The molecular formula is C97H66IrN5. The number of rotatable bonds is 17. The predicted molar refractivity (Wildman–Crippen MR) is 422 cm³/mol. The molecule has 0 N–H and O–H groups in total. The van der Waals surface area contributed by atoms with Gasteiger partial charge >= 0.3 is 20.1 Å². The molecule has 0 aliphatic rings. The molecule has 0 fully saturated rings. The molecule has 0 spiro atoms. The first-order valence-corrected chi connectivity index (χ1v) is 35.0. The van der Waals surface area contributed by atoms with Gasteiger partial charge in [-0.3, -0.25) is 0 Å². The van der Waals surface area contributed by atoms with E-state index in [1.165, 1.54) is 82.6 Å². The molecule has 13 aromatic carbocycles. The minimum Gasteiger partial charge on any atom is -0.309 e. The Morgan fingerprint density at radius 3 is 1.04 bits per heavy atom. The number of benzene rings is 13. The van der Waals surface area contributed by atoms with Gasteiger partial charge in [0, 0.05) is 51.5 Å². The Labute approximate surface area is 613 Å². The molecule has 0 bridgehead atoms. The molecule has 0 unspecified atom stereocenters. The largest absolute Gasteiger partial charge is 3.00 e. The SMILES string of the molecule is [Ir+3].[c-]1ccc(-c2ccc(-c3ccccc3)cc2)cc1-c1ccc(-c2ccccc2-c2cc(CCc3ccc(-c4[c-]ccc(-c5ccc6c(c5)c5ccccc5n6-c5ccccc5)c4)nc3)cc(CCc3ccc(-c4[c-]ccc(-c5ccc6c(c5)c5ccccc5n6-c5ccccc5)c4)nc3)c2)cn1. The summed E-state index contributed by atoms with van der Waals surface area (Å²) in [5.74, 6) is 0. The summed E-state index contributed by atoms with van der Waals surface area (Å²) in [6.45, 7) is 0. The molecule has 0 saturated heterocycles. The van der Waals surface area contributed by atoms with Gasteiger partial charge in [0.05, 0.1) is 22.1 Å². The Bertz CT molecular complexity index is 5820.